The molecule has 162 valence electrons. The number of amides is 3. The Bertz CT molecular complexity index is 1170. The quantitative estimate of drug-likeness (QED) is 0.493. The van der Waals surface area contributed by atoms with Gasteiger partial charge in [0.25, 0.3) is 11.8 Å². The van der Waals surface area contributed by atoms with Gasteiger partial charge in [0.15, 0.2) is 0 Å². The van der Waals surface area contributed by atoms with E-state index in [1.54, 1.807) is 66.7 Å². The van der Waals surface area contributed by atoms with Crippen molar-refractivity contribution in [2.75, 3.05) is 10.2 Å². The Hall–Kier alpha value is -3.93. The molecule has 3 amide bonds. The molecule has 1 heterocycles. The molecule has 0 spiro atoms. The fraction of sp³-hybridized carbons (Fsp3) is 0.192. The van der Waals surface area contributed by atoms with E-state index in [1.807, 2.05) is 19.9 Å². The summed E-state index contributed by atoms with van der Waals surface area (Å²) in [5, 5.41) is 2.92. The van der Waals surface area contributed by atoms with Gasteiger partial charge >= 0.3 is 0 Å². The number of imide groups is 1. The first-order chi connectivity index (χ1) is 15.5. The van der Waals surface area contributed by atoms with E-state index in [2.05, 4.69) is 5.32 Å². The molecule has 1 aliphatic rings. The van der Waals surface area contributed by atoms with Gasteiger partial charge < -0.3 is 10.1 Å². The fourth-order valence-corrected chi connectivity index (χ4v) is 3.77. The van der Waals surface area contributed by atoms with Gasteiger partial charge in [-0.2, -0.15) is 0 Å². The Kier molecular flexibility index (Phi) is 6.03. The highest BCUT2D eigenvalue weighted by Crippen LogP contribution is 2.32. The van der Waals surface area contributed by atoms with Crippen LogP contribution in [0.15, 0.2) is 72.8 Å². The van der Waals surface area contributed by atoms with Crippen molar-refractivity contribution in [3.05, 3.63) is 83.9 Å². The zero-order chi connectivity index (χ0) is 22.7. The number of anilines is 2. The van der Waals surface area contributed by atoms with Crippen molar-refractivity contribution in [2.24, 2.45) is 5.92 Å². The molecule has 1 aliphatic heterocycles. The second-order valence-electron chi connectivity index (χ2n) is 7.62. The highest BCUT2D eigenvalue weighted by Gasteiger charge is 2.36. The SMILES string of the molecule is CCC(CC)C(=O)Nc1cccc(Oc2ccc3c(c2)C(=O)N(c2ccccc2)C3=O)c1. The van der Waals surface area contributed by atoms with Gasteiger partial charge in [0.1, 0.15) is 11.5 Å². The Labute approximate surface area is 186 Å². The van der Waals surface area contributed by atoms with Crippen molar-refractivity contribution in [1.82, 2.24) is 0 Å². The zero-order valence-corrected chi connectivity index (χ0v) is 18.0. The summed E-state index contributed by atoms with van der Waals surface area (Å²) in [7, 11) is 0. The van der Waals surface area contributed by atoms with E-state index in [9.17, 15) is 14.4 Å². The van der Waals surface area contributed by atoms with E-state index in [1.165, 1.54) is 4.90 Å². The molecule has 0 radical (unpaired) electrons. The van der Waals surface area contributed by atoms with Gasteiger partial charge in [-0.1, -0.05) is 38.1 Å². The number of rotatable bonds is 7. The zero-order valence-electron chi connectivity index (χ0n) is 18.0. The Morgan fingerprint density at radius 2 is 1.53 bits per heavy atom. The molecule has 0 bridgehead atoms. The maximum Gasteiger partial charge on any atom is 0.266 e. The number of fused-ring (bicyclic) bond motifs is 1. The number of carbonyl (C=O) groups excluding carboxylic acids is 3. The first-order valence-electron chi connectivity index (χ1n) is 10.7. The van der Waals surface area contributed by atoms with Gasteiger partial charge in [-0.15, -0.1) is 0 Å². The number of carbonyl (C=O) groups is 3. The summed E-state index contributed by atoms with van der Waals surface area (Å²) >= 11 is 0. The molecule has 0 saturated carbocycles. The lowest BCUT2D eigenvalue weighted by molar-refractivity contribution is -0.120. The van der Waals surface area contributed by atoms with E-state index in [0.717, 1.165) is 12.8 Å². The van der Waals surface area contributed by atoms with Gasteiger partial charge in [-0.05, 0) is 55.3 Å². The predicted octanol–water partition coefficient (Wildman–Crippen LogP) is 5.65. The maximum absolute atomic E-state index is 12.9. The van der Waals surface area contributed by atoms with Crippen LogP contribution < -0.4 is 15.0 Å². The highest BCUT2D eigenvalue weighted by molar-refractivity contribution is 6.34. The van der Waals surface area contributed by atoms with Crippen LogP contribution >= 0.6 is 0 Å². The smallest absolute Gasteiger partial charge is 0.266 e. The summed E-state index contributed by atoms with van der Waals surface area (Å²) in [6.45, 7) is 3.98. The minimum atomic E-state index is -0.382. The first-order valence-corrected chi connectivity index (χ1v) is 10.7. The number of ether oxygens (including phenoxy) is 1. The normalized spacial score (nSPS) is 12.8. The second kappa shape index (κ2) is 9.06. The number of nitrogens with zero attached hydrogens (tertiary/aromatic N) is 1. The molecular formula is C26H24N2O4. The summed E-state index contributed by atoms with van der Waals surface area (Å²) in [5.41, 5.74) is 1.82. The van der Waals surface area contributed by atoms with Gasteiger partial charge in [0.05, 0.1) is 16.8 Å². The second-order valence-corrected chi connectivity index (χ2v) is 7.62. The largest absolute Gasteiger partial charge is 0.457 e. The fourth-order valence-electron chi connectivity index (χ4n) is 3.77. The van der Waals surface area contributed by atoms with Crippen LogP contribution in [0.25, 0.3) is 0 Å². The summed E-state index contributed by atoms with van der Waals surface area (Å²) in [6, 6.07) is 20.8. The molecule has 0 saturated heterocycles. The topological polar surface area (TPSA) is 75.7 Å². The number of nitrogens with one attached hydrogen (secondary N) is 1. The van der Waals surface area contributed by atoms with Crippen LogP contribution in [0, 0.1) is 5.92 Å². The lowest BCUT2D eigenvalue weighted by Gasteiger charge is -2.14. The van der Waals surface area contributed by atoms with Crippen LogP contribution in [0.3, 0.4) is 0 Å². The molecule has 0 aromatic heterocycles. The van der Waals surface area contributed by atoms with Crippen LogP contribution in [0.2, 0.25) is 0 Å². The van der Waals surface area contributed by atoms with Crippen molar-refractivity contribution >= 4 is 29.1 Å². The molecule has 1 N–H and O–H groups in total. The van der Waals surface area contributed by atoms with Crippen molar-refractivity contribution in [3.8, 4) is 11.5 Å². The summed E-state index contributed by atoms with van der Waals surface area (Å²) < 4.78 is 5.93. The monoisotopic (exact) mass is 428 g/mol. The number of hydrogen-bond acceptors (Lipinski definition) is 4. The standard InChI is InChI=1S/C26H24N2O4/c1-3-17(4-2)24(29)27-18-9-8-12-20(15-18)32-21-13-14-22-23(16-21)26(31)28(25(22)30)19-10-6-5-7-11-19/h5-17H,3-4H2,1-2H3,(H,27,29). The summed E-state index contributed by atoms with van der Waals surface area (Å²) in [5.74, 6) is 0.163. The van der Waals surface area contributed by atoms with Gasteiger partial charge in [0.2, 0.25) is 5.91 Å². The molecule has 0 aliphatic carbocycles. The lowest BCUT2D eigenvalue weighted by atomic mass is 10.0. The minimum absolute atomic E-state index is 0.0187. The molecule has 3 aromatic carbocycles. The molecule has 0 fully saturated rings. The third kappa shape index (κ3) is 4.12. The van der Waals surface area contributed by atoms with Crippen LogP contribution in [0.5, 0.6) is 11.5 Å². The number of para-hydroxylation sites is 1. The third-order valence-electron chi connectivity index (χ3n) is 5.57. The summed E-state index contributed by atoms with van der Waals surface area (Å²) in [4.78, 5) is 39.2. The van der Waals surface area contributed by atoms with Crippen LogP contribution in [-0.4, -0.2) is 17.7 Å². The van der Waals surface area contributed by atoms with Crippen molar-refractivity contribution in [2.45, 2.75) is 26.7 Å². The molecule has 0 atom stereocenters. The molecule has 6 heteroatoms. The predicted molar refractivity (Wildman–Crippen MR) is 123 cm³/mol. The van der Waals surface area contributed by atoms with Crippen LogP contribution in [0.1, 0.15) is 47.4 Å². The van der Waals surface area contributed by atoms with E-state index in [-0.39, 0.29) is 23.6 Å². The number of hydrogen-bond donors (Lipinski definition) is 1. The number of benzene rings is 3. The average molecular weight is 428 g/mol. The third-order valence-corrected chi connectivity index (χ3v) is 5.57. The lowest BCUT2D eigenvalue weighted by Crippen LogP contribution is -2.29. The highest BCUT2D eigenvalue weighted by atomic mass is 16.5. The van der Waals surface area contributed by atoms with Crippen LogP contribution in [0.4, 0.5) is 11.4 Å². The summed E-state index contributed by atoms with van der Waals surface area (Å²) in [6.07, 6.45) is 1.56. The van der Waals surface area contributed by atoms with E-state index >= 15 is 0 Å². The van der Waals surface area contributed by atoms with E-state index in [0.29, 0.717) is 34.0 Å². The van der Waals surface area contributed by atoms with Gasteiger partial charge in [-0.25, -0.2) is 4.90 Å². The van der Waals surface area contributed by atoms with Crippen molar-refractivity contribution < 1.29 is 19.1 Å². The van der Waals surface area contributed by atoms with E-state index in [4.69, 9.17) is 4.74 Å². The molecule has 6 nitrogen and oxygen atoms in total. The molecular weight excluding hydrogens is 404 g/mol. The maximum atomic E-state index is 12.9. The molecule has 32 heavy (non-hydrogen) atoms. The average Bonchev–Trinajstić information content (AvgIpc) is 3.05. The molecule has 4 rings (SSSR count). The Morgan fingerprint density at radius 3 is 2.25 bits per heavy atom. The molecule has 3 aromatic rings. The van der Waals surface area contributed by atoms with E-state index < -0.39 is 0 Å². The minimum Gasteiger partial charge on any atom is -0.457 e. The van der Waals surface area contributed by atoms with Crippen molar-refractivity contribution in [1.29, 1.82) is 0 Å². The van der Waals surface area contributed by atoms with Gasteiger partial charge in [-0.3, -0.25) is 14.4 Å². The molecule has 0 unspecified atom stereocenters. The Balaban J connectivity index is 1.53. The first kappa shape index (κ1) is 21.3. The van der Waals surface area contributed by atoms with Crippen molar-refractivity contribution in [3.63, 3.8) is 0 Å². The van der Waals surface area contributed by atoms with Crippen LogP contribution in [-0.2, 0) is 4.79 Å². The van der Waals surface area contributed by atoms with Gasteiger partial charge in [0, 0.05) is 17.7 Å². The Morgan fingerprint density at radius 1 is 0.844 bits per heavy atom.